The van der Waals surface area contributed by atoms with E-state index in [4.69, 9.17) is 5.73 Å². The van der Waals surface area contributed by atoms with Crippen LogP contribution in [0.4, 0.5) is 0 Å². The number of rotatable bonds is 1. The van der Waals surface area contributed by atoms with Crippen LogP contribution in [0.1, 0.15) is 26.2 Å². The van der Waals surface area contributed by atoms with Crippen molar-refractivity contribution in [3.63, 3.8) is 0 Å². The zero-order valence-corrected chi connectivity index (χ0v) is 8.47. The lowest BCUT2D eigenvalue weighted by Crippen LogP contribution is -2.38. The van der Waals surface area contributed by atoms with Crippen molar-refractivity contribution in [2.24, 2.45) is 11.7 Å². The van der Waals surface area contributed by atoms with Gasteiger partial charge in [0.2, 0.25) is 0 Å². The number of hydrogen-bond acceptors (Lipinski definition) is 3. The summed E-state index contributed by atoms with van der Waals surface area (Å²) in [6.45, 7) is 1.98. The van der Waals surface area contributed by atoms with E-state index in [2.05, 4.69) is 0 Å². The van der Waals surface area contributed by atoms with E-state index in [1.54, 1.807) is 0 Å². The molecule has 0 bridgehead atoms. The first-order chi connectivity index (χ1) is 5.41. The van der Waals surface area contributed by atoms with Gasteiger partial charge in [0, 0.05) is 12.3 Å². The Kier molecular flexibility index (Phi) is 2.78. The quantitative estimate of drug-likeness (QED) is 0.658. The summed E-state index contributed by atoms with van der Waals surface area (Å²) in [5, 5.41) is -0.155. The van der Waals surface area contributed by atoms with Crippen LogP contribution in [-0.2, 0) is 9.84 Å². The largest absolute Gasteiger partial charge is 0.328 e. The van der Waals surface area contributed by atoms with E-state index in [0.717, 1.165) is 19.3 Å². The molecule has 0 heterocycles. The highest BCUT2D eigenvalue weighted by Crippen LogP contribution is 2.27. The van der Waals surface area contributed by atoms with Crippen molar-refractivity contribution in [2.75, 3.05) is 6.26 Å². The van der Waals surface area contributed by atoms with E-state index in [1.807, 2.05) is 6.92 Å². The van der Waals surface area contributed by atoms with Crippen molar-refractivity contribution in [3.05, 3.63) is 0 Å². The van der Waals surface area contributed by atoms with Crippen LogP contribution in [0.5, 0.6) is 0 Å². The standard InChI is InChI=1S/C8H17NO2S/c1-6-5-7(9)3-4-8(6)12(2,10)11/h6-8H,3-5,9H2,1-2H3. The third kappa shape index (κ3) is 2.20. The Hall–Kier alpha value is -0.0900. The first-order valence-corrected chi connectivity index (χ1v) is 6.31. The van der Waals surface area contributed by atoms with E-state index >= 15 is 0 Å². The molecule has 0 aliphatic heterocycles. The van der Waals surface area contributed by atoms with Crippen molar-refractivity contribution in [1.82, 2.24) is 0 Å². The second-order valence-electron chi connectivity index (χ2n) is 3.92. The fourth-order valence-electron chi connectivity index (χ4n) is 2.05. The number of hydrogen-bond donors (Lipinski definition) is 1. The molecule has 3 nitrogen and oxygen atoms in total. The lowest BCUT2D eigenvalue weighted by Gasteiger charge is -2.30. The van der Waals surface area contributed by atoms with Gasteiger partial charge in [0.15, 0.2) is 9.84 Å². The monoisotopic (exact) mass is 191 g/mol. The average Bonchev–Trinajstić information content (AvgIpc) is 1.83. The SMILES string of the molecule is CC1CC(N)CCC1S(C)(=O)=O. The molecule has 0 aromatic rings. The van der Waals surface area contributed by atoms with Crippen molar-refractivity contribution in [3.8, 4) is 0 Å². The summed E-state index contributed by atoms with van der Waals surface area (Å²) in [7, 11) is -2.85. The van der Waals surface area contributed by atoms with Gasteiger partial charge in [-0.25, -0.2) is 8.42 Å². The molecule has 1 aliphatic carbocycles. The Morgan fingerprint density at radius 1 is 1.33 bits per heavy atom. The van der Waals surface area contributed by atoms with Gasteiger partial charge >= 0.3 is 0 Å². The van der Waals surface area contributed by atoms with E-state index in [-0.39, 0.29) is 17.2 Å². The molecule has 0 saturated heterocycles. The summed E-state index contributed by atoms with van der Waals surface area (Å²) in [4.78, 5) is 0. The Balaban J connectivity index is 2.69. The molecule has 1 rings (SSSR count). The van der Waals surface area contributed by atoms with Gasteiger partial charge in [-0.1, -0.05) is 6.92 Å². The van der Waals surface area contributed by atoms with E-state index in [9.17, 15) is 8.42 Å². The molecule has 72 valence electrons. The van der Waals surface area contributed by atoms with Gasteiger partial charge in [-0.05, 0) is 25.2 Å². The molecule has 1 aliphatic rings. The molecule has 0 radical (unpaired) electrons. The molecular formula is C8H17NO2S. The highest BCUT2D eigenvalue weighted by Gasteiger charge is 2.32. The topological polar surface area (TPSA) is 60.2 Å². The van der Waals surface area contributed by atoms with Crippen molar-refractivity contribution >= 4 is 9.84 Å². The first kappa shape index (κ1) is 9.99. The van der Waals surface area contributed by atoms with Crippen LogP contribution in [-0.4, -0.2) is 26.0 Å². The fraction of sp³-hybridized carbons (Fsp3) is 1.00. The summed E-state index contributed by atoms with van der Waals surface area (Å²) in [5.41, 5.74) is 5.74. The molecule has 12 heavy (non-hydrogen) atoms. The van der Waals surface area contributed by atoms with Crippen molar-refractivity contribution in [2.45, 2.75) is 37.5 Å². The van der Waals surface area contributed by atoms with Gasteiger partial charge in [0.25, 0.3) is 0 Å². The Labute approximate surface area is 74.3 Å². The molecule has 1 saturated carbocycles. The van der Waals surface area contributed by atoms with Gasteiger partial charge < -0.3 is 5.73 Å². The van der Waals surface area contributed by atoms with Gasteiger partial charge in [0.1, 0.15) is 0 Å². The van der Waals surface area contributed by atoms with Crippen LogP contribution in [0, 0.1) is 5.92 Å². The Morgan fingerprint density at radius 3 is 2.33 bits per heavy atom. The minimum absolute atomic E-state index is 0.155. The second-order valence-corrected chi connectivity index (χ2v) is 6.18. The summed E-state index contributed by atoms with van der Waals surface area (Å²) in [6, 6.07) is 0.206. The molecule has 4 heteroatoms. The van der Waals surface area contributed by atoms with Crippen molar-refractivity contribution < 1.29 is 8.42 Å². The minimum Gasteiger partial charge on any atom is -0.328 e. The van der Waals surface area contributed by atoms with Crippen LogP contribution >= 0.6 is 0 Å². The maximum absolute atomic E-state index is 11.3. The zero-order valence-electron chi connectivity index (χ0n) is 7.66. The lowest BCUT2D eigenvalue weighted by molar-refractivity contribution is 0.344. The third-order valence-corrected chi connectivity index (χ3v) is 4.48. The van der Waals surface area contributed by atoms with E-state index in [1.165, 1.54) is 6.26 Å². The first-order valence-electron chi connectivity index (χ1n) is 4.35. The highest BCUT2D eigenvalue weighted by molar-refractivity contribution is 7.91. The number of nitrogens with two attached hydrogens (primary N) is 1. The molecule has 1 fully saturated rings. The maximum Gasteiger partial charge on any atom is 0.150 e. The van der Waals surface area contributed by atoms with Crippen molar-refractivity contribution in [1.29, 1.82) is 0 Å². The summed E-state index contributed by atoms with van der Waals surface area (Å²) in [5.74, 6) is 0.226. The predicted molar refractivity (Wildman–Crippen MR) is 49.6 cm³/mol. The Bertz CT molecular complexity index is 248. The van der Waals surface area contributed by atoms with Crippen LogP contribution in [0.3, 0.4) is 0 Å². The minimum atomic E-state index is -2.85. The summed E-state index contributed by atoms with van der Waals surface area (Å²) >= 11 is 0. The Morgan fingerprint density at radius 2 is 1.92 bits per heavy atom. The molecule has 0 spiro atoms. The molecular weight excluding hydrogens is 174 g/mol. The second kappa shape index (κ2) is 3.34. The van der Waals surface area contributed by atoms with Gasteiger partial charge in [0.05, 0.1) is 5.25 Å². The third-order valence-electron chi connectivity index (χ3n) is 2.68. The van der Waals surface area contributed by atoms with E-state index in [0.29, 0.717) is 0 Å². The smallest absolute Gasteiger partial charge is 0.150 e. The zero-order chi connectivity index (χ0) is 9.35. The molecule has 3 unspecified atom stereocenters. The molecule has 2 N–H and O–H groups in total. The highest BCUT2D eigenvalue weighted by atomic mass is 32.2. The molecule has 3 atom stereocenters. The molecule has 0 amide bonds. The van der Waals surface area contributed by atoms with Crippen LogP contribution in [0.2, 0.25) is 0 Å². The van der Waals surface area contributed by atoms with Crippen LogP contribution in [0.25, 0.3) is 0 Å². The summed E-state index contributed by atoms with van der Waals surface area (Å²) in [6.07, 6.45) is 3.76. The average molecular weight is 191 g/mol. The van der Waals surface area contributed by atoms with Gasteiger partial charge in [-0.15, -0.1) is 0 Å². The van der Waals surface area contributed by atoms with Crippen LogP contribution < -0.4 is 5.73 Å². The molecule has 0 aromatic heterocycles. The maximum atomic E-state index is 11.3. The predicted octanol–water partition coefficient (Wildman–Crippen LogP) is 0.547. The van der Waals surface area contributed by atoms with Gasteiger partial charge in [-0.3, -0.25) is 0 Å². The lowest BCUT2D eigenvalue weighted by atomic mass is 9.87. The molecule has 0 aromatic carbocycles. The number of sulfone groups is 1. The van der Waals surface area contributed by atoms with Crippen LogP contribution in [0.15, 0.2) is 0 Å². The summed E-state index contributed by atoms with van der Waals surface area (Å²) < 4.78 is 22.5. The normalized spacial score (nSPS) is 38.1. The van der Waals surface area contributed by atoms with Gasteiger partial charge in [-0.2, -0.15) is 0 Å². The fourth-order valence-corrected chi connectivity index (χ4v) is 3.57. The van der Waals surface area contributed by atoms with E-state index < -0.39 is 9.84 Å².